The van der Waals surface area contributed by atoms with Gasteiger partial charge in [-0.2, -0.15) is 5.26 Å². The van der Waals surface area contributed by atoms with Crippen molar-refractivity contribution in [1.82, 2.24) is 9.88 Å². The van der Waals surface area contributed by atoms with Crippen LogP contribution in [0.25, 0.3) is 11.8 Å². The molecule has 7 nitrogen and oxygen atoms in total. The molecule has 26 heavy (non-hydrogen) atoms. The summed E-state index contributed by atoms with van der Waals surface area (Å²) < 4.78 is 2.03. The molecule has 4 N–H and O–H groups in total. The van der Waals surface area contributed by atoms with E-state index >= 15 is 0 Å². The molecule has 0 aliphatic carbocycles. The zero-order valence-corrected chi connectivity index (χ0v) is 14.9. The number of amides is 1. The summed E-state index contributed by atoms with van der Waals surface area (Å²) in [7, 11) is 0. The minimum absolute atomic E-state index is 0.00170. The number of nitrogens with two attached hydrogens (primary N) is 1. The van der Waals surface area contributed by atoms with Gasteiger partial charge in [-0.15, -0.1) is 17.8 Å². The van der Waals surface area contributed by atoms with Gasteiger partial charge in [0.05, 0.1) is 6.54 Å². The first-order valence-corrected chi connectivity index (χ1v) is 8.51. The maximum absolute atomic E-state index is 12.6. The van der Waals surface area contributed by atoms with Crippen molar-refractivity contribution in [3.05, 3.63) is 43.8 Å². The molecule has 132 valence electrons. The number of carbonyl (C=O) groups excluding carboxylic acids is 1. The number of nitrogens with zero attached hydrogens (tertiary/aromatic N) is 2. The monoisotopic (exact) mass is 367 g/mol. The molecule has 1 aromatic heterocycles. The van der Waals surface area contributed by atoms with Crippen molar-refractivity contribution in [2.24, 2.45) is 0 Å². The highest BCUT2D eigenvalue weighted by Crippen LogP contribution is 2.11. The molecule has 1 amide bonds. The first-order chi connectivity index (χ1) is 12.5. The maximum Gasteiger partial charge on any atom is 0.270 e. The molecule has 2 aromatic rings. The number of benzene rings is 1. The fraction of sp³-hybridized carbons (Fsp3) is 0.167. The van der Waals surface area contributed by atoms with E-state index in [1.165, 1.54) is 10.8 Å². The smallest absolute Gasteiger partial charge is 0.270 e. The Morgan fingerprint density at radius 1 is 1.50 bits per heavy atom. The Morgan fingerprint density at radius 3 is 2.88 bits per heavy atom. The average molecular weight is 367 g/mol. The van der Waals surface area contributed by atoms with E-state index in [4.69, 9.17) is 12.2 Å². The van der Waals surface area contributed by atoms with Gasteiger partial charge in [-0.05, 0) is 25.1 Å². The van der Waals surface area contributed by atoms with E-state index in [0.717, 1.165) is 17.0 Å². The number of hydrogen-bond donors (Lipinski definition) is 3. The summed E-state index contributed by atoms with van der Waals surface area (Å²) in [4.78, 5) is 24.7. The molecular formula is C18H17N5O2S. The number of hydrogen-bond acceptors (Lipinski definition) is 6. The molecule has 0 bridgehead atoms. The standard InChI is InChI=1S/C18H17N5O2S/c1-3-8-21-16(24)14(10-19)18-23(4-2)17(25)15(26-18)11-22-13-7-5-6-12(20)9-13/h1,5-7,9,11,22H,4,8,20H2,2H3,(H,21,24)/b15-11+,18-14-. The molecule has 0 saturated carbocycles. The number of nitriles is 1. The van der Waals surface area contributed by atoms with Crippen LogP contribution in [0.15, 0.2) is 29.1 Å². The molecule has 8 heteroatoms. The minimum Gasteiger partial charge on any atom is -0.399 e. The van der Waals surface area contributed by atoms with Crippen LogP contribution < -0.4 is 31.1 Å². The third-order valence-electron chi connectivity index (χ3n) is 3.38. The fourth-order valence-electron chi connectivity index (χ4n) is 2.19. The Kier molecular flexibility index (Phi) is 6.20. The Bertz CT molecular complexity index is 1080. The van der Waals surface area contributed by atoms with E-state index in [1.54, 1.807) is 31.2 Å². The fourth-order valence-corrected chi connectivity index (χ4v) is 3.27. The number of rotatable bonds is 5. The Balaban J connectivity index is 2.55. The van der Waals surface area contributed by atoms with Crippen LogP contribution in [0.1, 0.15) is 6.92 Å². The van der Waals surface area contributed by atoms with Crippen LogP contribution in [0.2, 0.25) is 0 Å². The highest BCUT2D eigenvalue weighted by molar-refractivity contribution is 7.07. The summed E-state index contributed by atoms with van der Waals surface area (Å²) in [5, 5.41) is 14.8. The first kappa shape index (κ1) is 18.8. The second-order valence-electron chi connectivity index (χ2n) is 5.11. The van der Waals surface area contributed by atoms with Gasteiger partial charge in [0, 0.05) is 24.1 Å². The average Bonchev–Trinajstić information content (AvgIpc) is 2.94. The van der Waals surface area contributed by atoms with E-state index in [-0.39, 0.29) is 22.3 Å². The predicted molar refractivity (Wildman–Crippen MR) is 103 cm³/mol. The van der Waals surface area contributed by atoms with Crippen molar-refractivity contribution in [2.75, 3.05) is 17.6 Å². The van der Waals surface area contributed by atoms with Crippen molar-refractivity contribution in [1.29, 1.82) is 5.26 Å². The molecule has 0 saturated heterocycles. The summed E-state index contributed by atoms with van der Waals surface area (Å²) >= 11 is 1.06. The molecule has 0 spiro atoms. The lowest BCUT2D eigenvalue weighted by Gasteiger charge is -2.00. The lowest BCUT2D eigenvalue weighted by Crippen LogP contribution is -2.34. The molecule has 0 radical (unpaired) electrons. The molecular weight excluding hydrogens is 350 g/mol. The SMILES string of the molecule is C#CCNC(=O)/C(C#N)=c1\s/c(=C/Nc2cccc(N)c2)c(=O)n1CC. The van der Waals surface area contributed by atoms with E-state index in [2.05, 4.69) is 16.6 Å². The molecule has 0 fully saturated rings. The molecule has 0 aliphatic rings. The van der Waals surface area contributed by atoms with Crippen molar-refractivity contribution < 1.29 is 4.79 Å². The van der Waals surface area contributed by atoms with Gasteiger partial charge in [0.15, 0.2) is 5.57 Å². The number of aromatic nitrogens is 1. The van der Waals surface area contributed by atoms with Crippen LogP contribution in [0.5, 0.6) is 0 Å². The molecule has 0 atom stereocenters. The Labute approximate surface area is 154 Å². The van der Waals surface area contributed by atoms with Crippen LogP contribution in [0.3, 0.4) is 0 Å². The number of anilines is 2. The summed E-state index contributed by atoms with van der Waals surface area (Å²) in [5.41, 5.74) is 6.60. The predicted octanol–water partition coefficient (Wildman–Crippen LogP) is -0.214. The second kappa shape index (κ2) is 8.56. The molecule has 0 unspecified atom stereocenters. The Morgan fingerprint density at radius 2 is 2.27 bits per heavy atom. The summed E-state index contributed by atoms with van der Waals surface area (Å²) in [5.74, 6) is 1.66. The largest absolute Gasteiger partial charge is 0.399 e. The number of carbonyl (C=O) groups is 1. The molecule has 1 heterocycles. The van der Waals surface area contributed by atoms with Gasteiger partial charge in [-0.25, -0.2) is 0 Å². The normalized spacial score (nSPS) is 12.0. The number of terminal acetylenes is 1. The van der Waals surface area contributed by atoms with Crippen LogP contribution >= 0.6 is 11.3 Å². The lowest BCUT2D eigenvalue weighted by molar-refractivity contribution is -0.115. The maximum atomic E-state index is 12.6. The third-order valence-corrected chi connectivity index (χ3v) is 4.51. The van der Waals surface area contributed by atoms with E-state index in [0.29, 0.717) is 16.8 Å². The van der Waals surface area contributed by atoms with Crippen LogP contribution in [0.4, 0.5) is 11.4 Å². The zero-order valence-electron chi connectivity index (χ0n) is 14.1. The van der Waals surface area contributed by atoms with Crippen LogP contribution in [0, 0.1) is 23.7 Å². The summed E-state index contributed by atoms with van der Waals surface area (Å²) in [6.07, 6.45) is 6.65. The second-order valence-corrected chi connectivity index (χ2v) is 6.14. The molecule has 2 rings (SSSR count). The van der Waals surface area contributed by atoms with Crippen molar-refractivity contribution >= 4 is 40.4 Å². The van der Waals surface area contributed by atoms with E-state index < -0.39 is 5.91 Å². The van der Waals surface area contributed by atoms with Gasteiger partial charge >= 0.3 is 0 Å². The highest BCUT2D eigenvalue weighted by atomic mass is 32.1. The van der Waals surface area contributed by atoms with Crippen LogP contribution in [-0.2, 0) is 11.3 Å². The first-order valence-electron chi connectivity index (χ1n) is 7.69. The molecule has 0 aliphatic heterocycles. The van der Waals surface area contributed by atoms with Gasteiger partial charge in [0.2, 0.25) is 0 Å². The summed E-state index contributed by atoms with van der Waals surface area (Å²) in [6.45, 7) is 2.09. The summed E-state index contributed by atoms with van der Waals surface area (Å²) in [6, 6.07) is 8.93. The van der Waals surface area contributed by atoms with Gasteiger partial charge in [0.1, 0.15) is 15.3 Å². The topological polar surface area (TPSA) is 113 Å². The highest BCUT2D eigenvalue weighted by Gasteiger charge is 2.14. The number of nitrogens with one attached hydrogen (secondary N) is 2. The van der Waals surface area contributed by atoms with Gasteiger partial charge in [-0.1, -0.05) is 12.0 Å². The zero-order chi connectivity index (χ0) is 19.1. The van der Waals surface area contributed by atoms with Crippen molar-refractivity contribution in [2.45, 2.75) is 13.5 Å². The Hall–Kier alpha value is -3.49. The van der Waals surface area contributed by atoms with Gasteiger partial charge < -0.3 is 16.4 Å². The van der Waals surface area contributed by atoms with Gasteiger partial charge in [0.25, 0.3) is 11.5 Å². The van der Waals surface area contributed by atoms with Gasteiger partial charge in [-0.3, -0.25) is 14.2 Å². The molecule has 1 aromatic carbocycles. The van der Waals surface area contributed by atoms with Crippen molar-refractivity contribution in [3.8, 4) is 18.4 Å². The third kappa shape index (κ3) is 4.12. The number of thiazole rings is 1. The lowest BCUT2D eigenvalue weighted by atomic mass is 10.3. The van der Waals surface area contributed by atoms with E-state index in [1.807, 2.05) is 6.07 Å². The number of nitrogen functional groups attached to an aromatic ring is 1. The van der Waals surface area contributed by atoms with Crippen LogP contribution in [-0.4, -0.2) is 17.0 Å². The van der Waals surface area contributed by atoms with Crippen molar-refractivity contribution in [3.63, 3.8) is 0 Å². The quantitative estimate of drug-likeness (QED) is 0.500. The van der Waals surface area contributed by atoms with E-state index in [9.17, 15) is 14.9 Å². The minimum atomic E-state index is -0.607.